The molecule has 14 aromatic carbocycles. The van der Waals surface area contributed by atoms with Gasteiger partial charge >= 0.3 is 0 Å². The molecular weight excluding hydrogens is 1210 g/mol. The fourth-order valence-electron chi connectivity index (χ4n) is 16.0. The molecule has 0 N–H and O–H groups in total. The summed E-state index contributed by atoms with van der Waals surface area (Å²) in [4.78, 5) is 0. The fourth-order valence-corrected chi connectivity index (χ4v) is 16.0. The van der Waals surface area contributed by atoms with Crippen molar-refractivity contribution in [3.05, 3.63) is 325 Å². The van der Waals surface area contributed by atoms with Gasteiger partial charge in [0.25, 0.3) is 0 Å². The molecular formula is C88H54F2N8. The first-order valence-electron chi connectivity index (χ1n) is 32.8. The van der Waals surface area contributed by atoms with Crippen LogP contribution in [-0.4, -0.2) is 27.4 Å². The number of aromatic nitrogens is 6. The van der Waals surface area contributed by atoms with Gasteiger partial charge in [-0.25, -0.2) is 8.78 Å². The largest absolute Gasteiger partial charge is 0.307 e. The Morgan fingerprint density at radius 2 is 0.429 bits per heavy atom. The zero-order valence-corrected chi connectivity index (χ0v) is 53.0. The quantitative estimate of drug-likeness (QED) is 0.166. The third-order valence-electron chi connectivity index (χ3n) is 20.0. The van der Waals surface area contributed by atoms with E-state index >= 15 is 8.78 Å². The van der Waals surface area contributed by atoms with Gasteiger partial charge in [-0.3, -0.25) is 0 Å². The molecule has 0 amide bonds. The second-order valence-corrected chi connectivity index (χ2v) is 25.3. The highest BCUT2D eigenvalue weighted by Crippen LogP contribution is 2.48. The van der Waals surface area contributed by atoms with E-state index in [-0.39, 0.29) is 16.9 Å². The molecule has 20 rings (SSSR count). The van der Waals surface area contributed by atoms with Crippen LogP contribution in [0, 0.1) is 48.1 Å². The highest BCUT2D eigenvalue weighted by molar-refractivity contribution is 6.16. The maximum absolute atomic E-state index is 15.7. The van der Waals surface area contributed by atoms with Crippen LogP contribution in [0.25, 0.3) is 165 Å². The van der Waals surface area contributed by atoms with Crippen LogP contribution < -0.4 is 0 Å². The van der Waals surface area contributed by atoms with Gasteiger partial charge in [-0.2, -0.15) is 10.5 Å². The summed E-state index contributed by atoms with van der Waals surface area (Å²) in [5.74, 6) is -1.58. The van der Waals surface area contributed by atoms with Crippen molar-refractivity contribution in [1.29, 1.82) is 10.5 Å². The Morgan fingerprint density at radius 1 is 0.224 bits per heavy atom. The standard InChI is InChI=1S/C57H37N5.C31H17F2N3/c1-35-27-29-52-43(31-35)41-19-7-9-21-46(41)59(52)54-33-55(60-47-22-10-8-20-42(47)44-32-36(2)28-30-53(44)60)57(62-50-25-13-5-17-39(50)40-18-6-14-26-51(40)62)45(34-58)56(54)61-48-23-11-3-15-37(48)38-16-4-12-24-49(38)61;32-24-17-25(33)31(36-28-15-7-3-11-21(28)22-12-4-8-16-29(22)36)23(18-34)30(24)35-26-13-5-1-9-19(26)20-10-2-6-14-27(20)35/h3-33H,1-2H3;1-17H. The van der Waals surface area contributed by atoms with Crippen molar-refractivity contribution >= 4 is 131 Å². The van der Waals surface area contributed by atoms with Gasteiger partial charge < -0.3 is 27.4 Å². The normalized spacial score (nSPS) is 11.9. The molecule has 6 aromatic heterocycles. The number of hydrogen-bond donors (Lipinski definition) is 0. The molecule has 0 fully saturated rings. The number of benzene rings is 14. The van der Waals surface area contributed by atoms with Crippen molar-refractivity contribution in [3.8, 4) is 46.3 Å². The van der Waals surface area contributed by atoms with Gasteiger partial charge in [0, 0.05) is 70.7 Å². The van der Waals surface area contributed by atoms with Crippen LogP contribution >= 0.6 is 0 Å². The van der Waals surface area contributed by atoms with Gasteiger partial charge in [0.15, 0.2) is 11.6 Å². The summed E-state index contributed by atoms with van der Waals surface area (Å²) in [5.41, 5.74) is 17.9. The molecule has 0 radical (unpaired) electrons. The second-order valence-electron chi connectivity index (χ2n) is 25.3. The number of nitrogens with zero attached hydrogens (tertiary/aromatic N) is 8. The summed E-state index contributed by atoms with van der Waals surface area (Å²) < 4.78 is 44.5. The van der Waals surface area contributed by atoms with Crippen molar-refractivity contribution in [2.45, 2.75) is 13.8 Å². The van der Waals surface area contributed by atoms with Crippen molar-refractivity contribution < 1.29 is 8.78 Å². The van der Waals surface area contributed by atoms with Crippen molar-refractivity contribution in [3.63, 3.8) is 0 Å². The van der Waals surface area contributed by atoms with Gasteiger partial charge in [0.05, 0.1) is 88.9 Å². The number of rotatable bonds is 6. The summed E-state index contributed by atoms with van der Waals surface area (Å²) in [6.45, 7) is 4.32. The van der Waals surface area contributed by atoms with E-state index < -0.39 is 11.6 Å². The fraction of sp³-hybridized carbons (Fsp3) is 0.0227. The van der Waals surface area contributed by atoms with E-state index in [9.17, 15) is 10.5 Å². The molecule has 0 atom stereocenters. The van der Waals surface area contributed by atoms with Crippen molar-refractivity contribution in [1.82, 2.24) is 27.4 Å². The third kappa shape index (κ3) is 8.00. The van der Waals surface area contributed by atoms with E-state index in [1.165, 1.54) is 32.7 Å². The summed E-state index contributed by atoms with van der Waals surface area (Å²) in [6, 6.07) is 104. The molecule has 6 heterocycles. The minimum absolute atomic E-state index is 0.0353. The van der Waals surface area contributed by atoms with Crippen molar-refractivity contribution in [2.75, 3.05) is 0 Å². The van der Waals surface area contributed by atoms with Crippen LogP contribution in [0.2, 0.25) is 0 Å². The predicted octanol–water partition coefficient (Wildman–Crippen LogP) is 22.6. The third-order valence-corrected chi connectivity index (χ3v) is 20.0. The Morgan fingerprint density at radius 3 is 0.684 bits per heavy atom. The Hall–Kier alpha value is -13.3. The zero-order valence-electron chi connectivity index (χ0n) is 53.0. The van der Waals surface area contributed by atoms with Gasteiger partial charge in [-0.15, -0.1) is 0 Å². The van der Waals surface area contributed by atoms with Gasteiger partial charge in [-0.1, -0.05) is 205 Å². The van der Waals surface area contributed by atoms with Crippen LogP contribution in [0.1, 0.15) is 22.3 Å². The van der Waals surface area contributed by atoms with E-state index in [4.69, 9.17) is 0 Å². The van der Waals surface area contributed by atoms with Gasteiger partial charge in [-0.05, 0) is 105 Å². The minimum atomic E-state index is -0.792. The minimum Gasteiger partial charge on any atom is -0.307 e. The zero-order chi connectivity index (χ0) is 65.6. The van der Waals surface area contributed by atoms with Gasteiger partial charge in [0.1, 0.15) is 34.6 Å². The van der Waals surface area contributed by atoms with Crippen LogP contribution in [0.15, 0.2) is 291 Å². The molecule has 98 heavy (non-hydrogen) atoms. The average Bonchev–Trinajstić information content (AvgIpc) is 1.51. The molecule has 10 heteroatoms. The predicted molar refractivity (Wildman–Crippen MR) is 398 cm³/mol. The molecule has 0 saturated carbocycles. The molecule has 0 saturated heterocycles. The lowest BCUT2D eigenvalue weighted by Gasteiger charge is -2.25. The van der Waals surface area contributed by atoms with Crippen LogP contribution in [0.4, 0.5) is 8.78 Å². The number of para-hydroxylation sites is 10. The topological polar surface area (TPSA) is 77.2 Å². The molecule has 0 bridgehead atoms. The molecule has 0 unspecified atom stereocenters. The Kier molecular flexibility index (Phi) is 12.4. The van der Waals surface area contributed by atoms with E-state index in [2.05, 4.69) is 232 Å². The maximum Gasteiger partial charge on any atom is 0.151 e. The lowest BCUT2D eigenvalue weighted by Crippen LogP contribution is -2.13. The SMILES string of the molecule is Cc1ccc2c(c1)c1ccccc1n2-c1cc(-n2c3ccccc3c3cc(C)ccc32)c(-n2c3ccccc3c3ccccc32)c(C#N)c1-n1c2ccccc2c2ccccc21.N#Cc1c(-n2c3ccccc3c3ccccc32)c(F)cc(F)c1-n1c2ccccc2c2ccccc21. The Labute approximate surface area is 559 Å². The first-order chi connectivity index (χ1) is 48.3. The summed E-state index contributed by atoms with van der Waals surface area (Å²) in [6.07, 6.45) is 0. The monoisotopic (exact) mass is 1260 g/mol. The van der Waals surface area contributed by atoms with Crippen LogP contribution in [0.3, 0.4) is 0 Å². The Balaban J connectivity index is 0.000000159. The number of hydrogen-bond acceptors (Lipinski definition) is 2. The van der Waals surface area contributed by atoms with E-state index in [1.807, 2.05) is 97.1 Å². The average molecular weight is 1260 g/mol. The van der Waals surface area contributed by atoms with Crippen LogP contribution in [0.5, 0.6) is 0 Å². The second kappa shape index (κ2) is 21.6. The number of fused-ring (bicyclic) bond motifs is 18. The Bertz CT molecular complexity index is 6300. The molecule has 20 aromatic rings. The summed E-state index contributed by atoms with van der Waals surface area (Å²) in [7, 11) is 0. The lowest BCUT2D eigenvalue weighted by molar-refractivity contribution is 0.574. The lowest BCUT2D eigenvalue weighted by atomic mass is 10.0. The smallest absolute Gasteiger partial charge is 0.151 e. The highest BCUT2D eigenvalue weighted by atomic mass is 19.1. The number of nitriles is 2. The maximum atomic E-state index is 15.7. The molecule has 0 aliphatic carbocycles. The first kappa shape index (κ1) is 56.3. The molecule has 0 aliphatic heterocycles. The van der Waals surface area contributed by atoms with E-state index in [0.29, 0.717) is 5.56 Å². The molecule has 460 valence electrons. The summed E-state index contributed by atoms with van der Waals surface area (Å²) in [5, 5.41) is 35.6. The highest BCUT2D eigenvalue weighted by Gasteiger charge is 2.32. The van der Waals surface area contributed by atoms with Crippen LogP contribution in [-0.2, 0) is 0 Å². The van der Waals surface area contributed by atoms with Gasteiger partial charge in [0.2, 0.25) is 0 Å². The summed E-state index contributed by atoms with van der Waals surface area (Å²) >= 11 is 0. The van der Waals surface area contributed by atoms with E-state index in [1.54, 1.807) is 9.13 Å². The molecule has 0 spiro atoms. The number of aryl methyl sites for hydroxylation is 2. The molecule has 8 nitrogen and oxygen atoms in total. The van der Waals surface area contributed by atoms with Crippen molar-refractivity contribution in [2.24, 2.45) is 0 Å². The molecule has 0 aliphatic rings. The first-order valence-corrected chi connectivity index (χ1v) is 32.8. The number of halogens is 2. The van der Waals surface area contributed by atoms with E-state index in [0.717, 1.165) is 138 Å².